The van der Waals surface area contributed by atoms with Crippen LogP contribution in [-0.2, 0) is 9.59 Å². The molecule has 0 aromatic heterocycles. The molecule has 0 aromatic rings. The summed E-state index contributed by atoms with van der Waals surface area (Å²) in [6.07, 6.45) is 4.91. The van der Waals surface area contributed by atoms with Gasteiger partial charge in [-0.05, 0) is 44.7 Å². The van der Waals surface area contributed by atoms with Crippen LogP contribution in [0, 0.1) is 5.92 Å². The molecule has 0 radical (unpaired) electrons. The van der Waals surface area contributed by atoms with Gasteiger partial charge in [0.25, 0.3) is 0 Å². The van der Waals surface area contributed by atoms with Crippen LogP contribution in [0.4, 0.5) is 0 Å². The summed E-state index contributed by atoms with van der Waals surface area (Å²) < 4.78 is 0. The monoisotopic (exact) mass is 254 g/mol. The van der Waals surface area contributed by atoms with E-state index in [1.165, 1.54) is 0 Å². The van der Waals surface area contributed by atoms with E-state index in [9.17, 15) is 9.59 Å². The number of rotatable bonds is 3. The minimum atomic E-state index is -0.692. The van der Waals surface area contributed by atoms with Gasteiger partial charge in [-0.1, -0.05) is 0 Å². The standard InChI is InChI=1S/C13H22N2O3/c16-12-9-11(2-1-5-14-12)15-6-3-10(4-7-15)8-13(17)18/h10-11H,1-9H2,(H,14,16)(H,17,18). The number of likely N-dealkylation sites (tertiary alicyclic amines) is 1. The number of carbonyl (C=O) groups excluding carboxylic acids is 1. The summed E-state index contributed by atoms with van der Waals surface area (Å²) in [5, 5.41) is 11.7. The van der Waals surface area contributed by atoms with Gasteiger partial charge in [0.1, 0.15) is 0 Å². The topological polar surface area (TPSA) is 69.6 Å². The van der Waals surface area contributed by atoms with E-state index in [1.807, 2.05) is 0 Å². The Kier molecular flexibility index (Phi) is 4.58. The fourth-order valence-corrected chi connectivity index (χ4v) is 3.03. The van der Waals surface area contributed by atoms with Crippen molar-refractivity contribution < 1.29 is 14.7 Å². The lowest BCUT2D eigenvalue weighted by molar-refractivity contribution is -0.138. The summed E-state index contributed by atoms with van der Waals surface area (Å²) >= 11 is 0. The van der Waals surface area contributed by atoms with E-state index in [0.29, 0.717) is 24.8 Å². The molecule has 2 aliphatic rings. The van der Waals surface area contributed by atoms with Crippen LogP contribution in [-0.4, -0.2) is 47.6 Å². The van der Waals surface area contributed by atoms with Gasteiger partial charge in [0.2, 0.25) is 5.91 Å². The summed E-state index contributed by atoms with van der Waals surface area (Å²) in [5.74, 6) is -0.217. The maximum absolute atomic E-state index is 11.5. The average molecular weight is 254 g/mol. The van der Waals surface area contributed by atoms with Crippen molar-refractivity contribution in [1.82, 2.24) is 10.2 Å². The molecule has 5 heteroatoms. The number of carboxylic acid groups (broad SMARTS) is 1. The minimum absolute atomic E-state index is 0.158. The Labute approximate surface area is 108 Å². The second-order valence-electron chi connectivity index (χ2n) is 5.43. The van der Waals surface area contributed by atoms with Crippen LogP contribution in [0.15, 0.2) is 0 Å². The zero-order chi connectivity index (χ0) is 13.0. The lowest BCUT2D eigenvalue weighted by Crippen LogP contribution is -2.42. The number of carboxylic acids is 1. The number of aliphatic carboxylic acids is 1. The van der Waals surface area contributed by atoms with Crippen molar-refractivity contribution in [3.05, 3.63) is 0 Å². The molecule has 0 bridgehead atoms. The van der Waals surface area contributed by atoms with Gasteiger partial charge < -0.3 is 10.4 Å². The molecule has 1 unspecified atom stereocenters. The van der Waals surface area contributed by atoms with E-state index in [0.717, 1.165) is 45.3 Å². The second kappa shape index (κ2) is 6.18. The molecule has 0 spiro atoms. The normalized spacial score (nSPS) is 27.6. The Hall–Kier alpha value is -1.10. The Morgan fingerprint density at radius 3 is 2.72 bits per heavy atom. The predicted octanol–water partition coefficient (Wildman–Crippen LogP) is 0.842. The van der Waals surface area contributed by atoms with E-state index in [-0.39, 0.29) is 5.91 Å². The van der Waals surface area contributed by atoms with E-state index >= 15 is 0 Å². The second-order valence-corrected chi connectivity index (χ2v) is 5.43. The number of carbonyl (C=O) groups is 2. The largest absolute Gasteiger partial charge is 0.481 e. The summed E-state index contributed by atoms with van der Waals surface area (Å²) in [5.41, 5.74) is 0. The molecule has 0 aliphatic carbocycles. The molecule has 18 heavy (non-hydrogen) atoms. The molecule has 102 valence electrons. The van der Waals surface area contributed by atoms with E-state index in [1.54, 1.807) is 0 Å². The Morgan fingerprint density at radius 1 is 1.33 bits per heavy atom. The van der Waals surface area contributed by atoms with Gasteiger partial charge in [-0.3, -0.25) is 14.5 Å². The predicted molar refractivity (Wildman–Crippen MR) is 67.2 cm³/mol. The highest BCUT2D eigenvalue weighted by molar-refractivity contribution is 5.76. The van der Waals surface area contributed by atoms with Crippen LogP contribution < -0.4 is 5.32 Å². The molecule has 2 fully saturated rings. The van der Waals surface area contributed by atoms with Gasteiger partial charge in [0.15, 0.2) is 0 Å². The molecular formula is C13H22N2O3. The van der Waals surface area contributed by atoms with Gasteiger partial charge in [-0.25, -0.2) is 0 Å². The van der Waals surface area contributed by atoms with Crippen molar-refractivity contribution in [2.24, 2.45) is 5.92 Å². The fourth-order valence-electron chi connectivity index (χ4n) is 3.03. The van der Waals surface area contributed by atoms with Gasteiger partial charge >= 0.3 is 5.97 Å². The van der Waals surface area contributed by atoms with Crippen molar-refractivity contribution in [3.63, 3.8) is 0 Å². The number of hydrogen-bond donors (Lipinski definition) is 2. The van der Waals surface area contributed by atoms with Gasteiger partial charge in [-0.15, -0.1) is 0 Å². The lowest BCUT2D eigenvalue weighted by atomic mass is 9.92. The van der Waals surface area contributed by atoms with Crippen LogP contribution in [0.5, 0.6) is 0 Å². The Morgan fingerprint density at radius 2 is 2.06 bits per heavy atom. The summed E-state index contributed by atoms with van der Waals surface area (Å²) in [6, 6.07) is 0.360. The Balaban J connectivity index is 1.81. The zero-order valence-corrected chi connectivity index (χ0v) is 10.7. The molecule has 1 amide bonds. The van der Waals surface area contributed by atoms with Crippen LogP contribution >= 0.6 is 0 Å². The number of nitrogens with one attached hydrogen (secondary N) is 1. The minimum Gasteiger partial charge on any atom is -0.481 e. The highest BCUT2D eigenvalue weighted by Gasteiger charge is 2.28. The summed E-state index contributed by atoms with van der Waals surface area (Å²) in [6.45, 7) is 2.68. The lowest BCUT2D eigenvalue weighted by Gasteiger charge is -2.36. The first-order valence-electron chi connectivity index (χ1n) is 6.87. The molecule has 2 aliphatic heterocycles. The fraction of sp³-hybridized carbons (Fsp3) is 0.846. The van der Waals surface area contributed by atoms with Crippen LogP contribution in [0.2, 0.25) is 0 Å². The van der Waals surface area contributed by atoms with Crippen molar-refractivity contribution in [1.29, 1.82) is 0 Å². The molecule has 2 N–H and O–H groups in total. The summed E-state index contributed by atoms with van der Waals surface area (Å²) in [4.78, 5) is 24.6. The van der Waals surface area contributed by atoms with Gasteiger partial charge in [0, 0.05) is 25.4 Å². The van der Waals surface area contributed by atoms with Crippen LogP contribution in [0.3, 0.4) is 0 Å². The molecular weight excluding hydrogens is 232 g/mol. The molecule has 2 heterocycles. The third-order valence-corrected chi connectivity index (χ3v) is 4.09. The van der Waals surface area contributed by atoms with Crippen LogP contribution in [0.25, 0.3) is 0 Å². The number of piperidine rings is 1. The number of hydrogen-bond acceptors (Lipinski definition) is 3. The summed E-state index contributed by atoms with van der Waals surface area (Å²) in [7, 11) is 0. The highest BCUT2D eigenvalue weighted by Crippen LogP contribution is 2.24. The first-order chi connectivity index (χ1) is 8.65. The number of amides is 1. The first-order valence-corrected chi connectivity index (χ1v) is 6.87. The molecule has 2 saturated heterocycles. The Bertz CT molecular complexity index is 311. The zero-order valence-electron chi connectivity index (χ0n) is 10.7. The molecule has 2 rings (SSSR count). The maximum atomic E-state index is 11.5. The number of nitrogens with zero attached hydrogens (tertiary/aromatic N) is 1. The molecule has 5 nitrogen and oxygen atoms in total. The molecule has 1 atom stereocenters. The van der Waals surface area contributed by atoms with Crippen molar-refractivity contribution in [3.8, 4) is 0 Å². The van der Waals surface area contributed by atoms with E-state index < -0.39 is 5.97 Å². The highest BCUT2D eigenvalue weighted by atomic mass is 16.4. The quantitative estimate of drug-likeness (QED) is 0.783. The van der Waals surface area contributed by atoms with Gasteiger partial charge in [-0.2, -0.15) is 0 Å². The van der Waals surface area contributed by atoms with Crippen molar-refractivity contribution >= 4 is 11.9 Å². The van der Waals surface area contributed by atoms with Crippen molar-refractivity contribution in [2.75, 3.05) is 19.6 Å². The smallest absolute Gasteiger partial charge is 0.303 e. The third kappa shape index (κ3) is 3.70. The maximum Gasteiger partial charge on any atom is 0.303 e. The SMILES string of the molecule is O=C(O)CC1CCN(C2CCCNC(=O)C2)CC1. The van der Waals surface area contributed by atoms with E-state index in [4.69, 9.17) is 5.11 Å². The third-order valence-electron chi connectivity index (χ3n) is 4.09. The average Bonchev–Trinajstić information content (AvgIpc) is 2.54. The van der Waals surface area contributed by atoms with Crippen molar-refractivity contribution in [2.45, 2.75) is 44.6 Å². The van der Waals surface area contributed by atoms with Crippen LogP contribution in [0.1, 0.15) is 38.5 Å². The first kappa shape index (κ1) is 13.3. The molecule has 0 saturated carbocycles. The molecule has 0 aromatic carbocycles. The van der Waals surface area contributed by atoms with E-state index in [2.05, 4.69) is 10.2 Å². The van der Waals surface area contributed by atoms with Gasteiger partial charge in [0.05, 0.1) is 0 Å².